The van der Waals surface area contributed by atoms with Crippen LogP contribution in [0.4, 0.5) is 5.69 Å². The van der Waals surface area contributed by atoms with Crippen molar-refractivity contribution in [3.63, 3.8) is 0 Å². The van der Waals surface area contributed by atoms with Crippen molar-refractivity contribution in [1.82, 2.24) is 10.2 Å². The number of methoxy groups -OCH3 is 1. The Labute approximate surface area is 169 Å². The van der Waals surface area contributed by atoms with Crippen LogP contribution in [0.2, 0.25) is 0 Å². The predicted octanol–water partition coefficient (Wildman–Crippen LogP) is 0.387. The van der Waals surface area contributed by atoms with E-state index in [1.165, 1.54) is 4.90 Å². The van der Waals surface area contributed by atoms with E-state index in [1.54, 1.807) is 14.0 Å². The third-order valence-electron chi connectivity index (χ3n) is 6.49. The molecule has 2 fully saturated rings. The number of rotatable bonds is 6. The van der Waals surface area contributed by atoms with Gasteiger partial charge in [-0.2, -0.15) is 0 Å². The number of aliphatic hydroxyl groups excluding tert-OH is 1. The smallest absolute Gasteiger partial charge is 0.250 e. The molecule has 0 aliphatic carbocycles. The molecule has 156 valence electrons. The van der Waals surface area contributed by atoms with Crippen molar-refractivity contribution in [3.05, 3.63) is 29.3 Å². The highest BCUT2D eigenvalue weighted by Crippen LogP contribution is 2.53. The molecule has 8 nitrogen and oxygen atoms in total. The summed E-state index contributed by atoms with van der Waals surface area (Å²) in [4.78, 5) is 41.1. The van der Waals surface area contributed by atoms with E-state index in [1.807, 2.05) is 25.1 Å². The fourth-order valence-corrected chi connectivity index (χ4v) is 5.18. The standard InChI is InChI=1S/C21H27N3O5/c1-4-12-7-5-8-13-17(12)22-20(28)21(13)15-14(16(23-21)11(2)25)18(26)24(19(15)27)9-6-10-29-3/h5,7-8,11,14-16,23,25H,4,6,9-10H2,1-3H3,(H,22,28)/t11-,14+,15+,16+,21-/m1/s1. The van der Waals surface area contributed by atoms with Gasteiger partial charge in [-0.25, -0.2) is 0 Å². The number of nitrogens with zero attached hydrogens (tertiary/aromatic N) is 1. The average Bonchev–Trinajstić information content (AvgIpc) is 3.28. The molecule has 3 N–H and O–H groups in total. The van der Waals surface area contributed by atoms with Gasteiger partial charge in [0.25, 0.3) is 0 Å². The molecule has 0 saturated carbocycles. The Kier molecular flexibility index (Phi) is 4.96. The number of hydrogen-bond donors (Lipinski definition) is 3. The quantitative estimate of drug-likeness (QED) is 0.470. The van der Waals surface area contributed by atoms with E-state index in [0.717, 1.165) is 12.0 Å². The number of aryl methyl sites for hydroxylation is 1. The Morgan fingerprint density at radius 2 is 2.03 bits per heavy atom. The molecule has 4 rings (SSSR count). The summed E-state index contributed by atoms with van der Waals surface area (Å²) < 4.78 is 5.04. The van der Waals surface area contributed by atoms with Crippen molar-refractivity contribution >= 4 is 23.4 Å². The molecule has 0 radical (unpaired) electrons. The lowest BCUT2D eigenvalue weighted by molar-refractivity contribution is -0.143. The molecule has 29 heavy (non-hydrogen) atoms. The first-order valence-electron chi connectivity index (χ1n) is 10.1. The van der Waals surface area contributed by atoms with Crippen molar-refractivity contribution in [1.29, 1.82) is 0 Å². The number of aliphatic hydroxyl groups is 1. The Bertz CT molecular complexity index is 870. The summed E-state index contributed by atoms with van der Waals surface area (Å²) in [6.45, 7) is 4.25. The molecule has 3 heterocycles. The van der Waals surface area contributed by atoms with Crippen LogP contribution in [0, 0.1) is 11.8 Å². The summed E-state index contributed by atoms with van der Waals surface area (Å²) in [7, 11) is 1.57. The molecule has 2 saturated heterocycles. The highest BCUT2D eigenvalue weighted by Gasteiger charge is 2.71. The number of carbonyl (C=O) groups excluding carboxylic acids is 3. The Hall–Kier alpha value is -2.29. The lowest BCUT2D eigenvalue weighted by Gasteiger charge is -2.30. The highest BCUT2D eigenvalue weighted by atomic mass is 16.5. The maximum absolute atomic E-state index is 13.4. The fourth-order valence-electron chi connectivity index (χ4n) is 5.18. The SMILES string of the molecule is CCc1cccc2c1NC(=O)[C@@]21N[C@@H]([C@@H](C)O)[C@H]2C(=O)N(CCCOC)C(=O)[C@H]21. The largest absolute Gasteiger partial charge is 0.392 e. The number of anilines is 1. The minimum absolute atomic E-state index is 0.241. The molecule has 3 aliphatic heterocycles. The van der Waals surface area contributed by atoms with Crippen molar-refractivity contribution in [2.75, 3.05) is 25.6 Å². The van der Waals surface area contributed by atoms with E-state index >= 15 is 0 Å². The first-order valence-corrected chi connectivity index (χ1v) is 10.1. The summed E-state index contributed by atoms with van der Waals surface area (Å²) in [6, 6.07) is 4.94. The lowest BCUT2D eigenvalue weighted by atomic mass is 9.76. The van der Waals surface area contributed by atoms with Gasteiger partial charge in [0.2, 0.25) is 17.7 Å². The number of hydrogen-bond acceptors (Lipinski definition) is 6. The van der Waals surface area contributed by atoms with E-state index in [-0.39, 0.29) is 24.3 Å². The molecule has 1 aromatic carbocycles. The zero-order chi connectivity index (χ0) is 20.9. The molecule has 0 aromatic heterocycles. The van der Waals surface area contributed by atoms with Gasteiger partial charge >= 0.3 is 0 Å². The summed E-state index contributed by atoms with van der Waals surface area (Å²) in [6.07, 6.45) is 0.350. The van der Waals surface area contributed by atoms with E-state index in [2.05, 4.69) is 10.6 Å². The number of ether oxygens (including phenoxy) is 1. The maximum atomic E-state index is 13.4. The number of imide groups is 1. The van der Waals surface area contributed by atoms with Gasteiger partial charge in [0.1, 0.15) is 5.54 Å². The molecule has 3 amide bonds. The van der Waals surface area contributed by atoms with Crippen LogP contribution < -0.4 is 10.6 Å². The third kappa shape index (κ3) is 2.66. The molecule has 8 heteroatoms. The molecule has 3 aliphatic rings. The number of carbonyl (C=O) groups is 3. The van der Waals surface area contributed by atoms with Crippen LogP contribution >= 0.6 is 0 Å². The molecule has 1 spiro atoms. The summed E-state index contributed by atoms with van der Waals surface area (Å²) in [5, 5.41) is 16.5. The summed E-state index contributed by atoms with van der Waals surface area (Å²) in [5.41, 5.74) is 1.01. The van der Waals surface area contributed by atoms with Crippen LogP contribution in [0.5, 0.6) is 0 Å². The molecule has 0 unspecified atom stereocenters. The molecular formula is C21H27N3O5. The minimum Gasteiger partial charge on any atom is -0.392 e. The molecular weight excluding hydrogens is 374 g/mol. The number of likely N-dealkylation sites (tertiary alicyclic amines) is 1. The summed E-state index contributed by atoms with van der Waals surface area (Å²) in [5.74, 6) is -2.71. The first kappa shape index (κ1) is 20.0. The van der Waals surface area contributed by atoms with Gasteiger partial charge in [-0.15, -0.1) is 0 Å². The fraction of sp³-hybridized carbons (Fsp3) is 0.571. The zero-order valence-corrected chi connectivity index (χ0v) is 16.9. The van der Waals surface area contributed by atoms with Crippen molar-refractivity contribution < 1.29 is 24.2 Å². The van der Waals surface area contributed by atoms with Gasteiger partial charge in [0.05, 0.1) is 17.9 Å². The second kappa shape index (κ2) is 7.19. The van der Waals surface area contributed by atoms with E-state index in [9.17, 15) is 19.5 Å². The van der Waals surface area contributed by atoms with Crippen LogP contribution in [0.3, 0.4) is 0 Å². The van der Waals surface area contributed by atoms with Gasteiger partial charge in [-0.1, -0.05) is 25.1 Å². The average molecular weight is 401 g/mol. The Morgan fingerprint density at radius 1 is 1.28 bits per heavy atom. The Morgan fingerprint density at radius 3 is 2.69 bits per heavy atom. The van der Waals surface area contributed by atoms with Crippen molar-refractivity contribution in [2.45, 2.75) is 44.4 Å². The Balaban J connectivity index is 1.82. The number of nitrogens with one attached hydrogen (secondary N) is 2. The lowest BCUT2D eigenvalue weighted by Crippen LogP contribution is -2.54. The number of amides is 3. The zero-order valence-electron chi connectivity index (χ0n) is 16.9. The minimum atomic E-state index is -1.35. The van der Waals surface area contributed by atoms with Crippen LogP contribution in [-0.4, -0.2) is 60.1 Å². The highest BCUT2D eigenvalue weighted by molar-refractivity contribution is 6.15. The molecule has 5 atom stereocenters. The number of benzene rings is 1. The van der Waals surface area contributed by atoms with Gasteiger partial charge in [0.15, 0.2) is 0 Å². The van der Waals surface area contributed by atoms with Gasteiger partial charge in [-0.3, -0.25) is 24.6 Å². The second-order valence-corrected chi connectivity index (χ2v) is 8.04. The maximum Gasteiger partial charge on any atom is 0.250 e. The summed E-state index contributed by atoms with van der Waals surface area (Å²) >= 11 is 0. The first-order chi connectivity index (χ1) is 13.9. The van der Waals surface area contributed by atoms with Crippen LogP contribution in [0.25, 0.3) is 0 Å². The van der Waals surface area contributed by atoms with E-state index < -0.39 is 29.5 Å². The van der Waals surface area contributed by atoms with Gasteiger partial charge < -0.3 is 15.2 Å². The monoisotopic (exact) mass is 401 g/mol. The van der Waals surface area contributed by atoms with Gasteiger partial charge in [0, 0.05) is 37.6 Å². The second-order valence-electron chi connectivity index (χ2n) is 8.04. The third-order valence-corrected chi connectivity index (χ3v) is 6.49. The normalized spacial score (nSPS) is 31.4. The van der Waals surface area contributed by atoms with Crippen molar-refractivity contribution in [3.8, 4) is 0 Å². The van der Waals surface area contributed by atoms with E-state index in [0.29, 0.717) is 24.3 Å². The van der Waals surface area contributed by atoms with Gasteiger partial charge in [-0.05, 0) is 25.3 Å². The van der Waals surface area contributed by atoms with Crippen LogP contribution in [0.15, 0.2) is 18.2 Å². The molecule has 0 bridgehead atoms. The predicted molar refractivity (Wildman–Crippen MR) is 105 cm³/mol. The number of para-hydroxylation sites is 1. The van der Waals surface area contributed by atoms with Crippen LogP contribution in [-0.2, 0) is 31.1 Å². The van der Waals surface area contributed by atoms with Crippen molar-refractivity contribution in [2.24, 2.45) is 11.8 Å². The topological polar surface area (TPSA) is 108 Å². The van der Waals surface area contributed by atoms with Crippen LogP contribution in [0.1, 0.15) is 31.4 Å². The number of fused-ring (bicyclic) bond motifs is 4. The van der Waals surface area contributed by atoms with E-state index in [4.69, 9.17) is 4.74 Å². The molecule has 1 aromatic rings.